The van der Waals surface area contributed by atoms with Crippen LogP contribution in [0, 0.1) is 0 Å². The third kappa shape index (κ3) is 11.7. The van der Waals surface area contributed by atoms with Gasteiger partial charge in [-0.2, -0.15) is 0 Å². The van der Waals surface area contributed by atoms with Crippen molar-refractivity contribution in [3.05, 3.63) is 206 Å². The van der Waals surface area contributed by atoms with Crippen LogP contribution < -0.4 is 37.1 Å². The minimum atomic E-state index is -3.35. The molecule has 1 saturated heterocycles. The molecule has 0 saturated carbocycles. The molecule has 13 heteroatoms. The summed E-state index contributed by atoms with van der Waals surface area (Å²) in [5, 5.41) is 10.0. The minimum absolute atomic E-state index is 0.00598. The van der Waals surface area contributed by atoms with Crippen molar-refractivity contribution in [3.63, 3.8) is 0 Å². The van der Waals surface area contributed by atoms with Gasteiger partial charge < -0.3 is 9.47 Å². The molecule has 1 fully saturated rings. The Morgan fingerprint density at radius 1 is 0.701 bits per heavy atom. The van der Waals surface area contributed by atoms with E-state index in [1.165, 1.54) is 38.7 Å². The summed E-state index contributed by atoms with van der Waals surface area (Å²) < 4.78 is 18.0. The van der Waals surface area contributed by atoms with Crippen molar-refractivity contribution in [2.24, 2.45) is 0 Å². The van der Waals surface area contributed by atoms with E-state index >= 15 is 0 Å². The summed E-state index contributed by atoms with van der Waals surface area (Å²) in [7, 11) is 1.15. The molecule has 346 valence electrons. The molecule has 2 heterocycles. The summed E-state index contributed by atoms with van der Waals surface area (Å²) in [6.45, 7) is 4.97. The fourth-order valence-corrected chi connectivity index (χ4v) is 20.9. The SMILES string of the molecule is C=CCOC(=O)C1=C(CP(I)(c2ccccc2)(c2ccccc2)c2ccccc2)CSC2[C@H](NC(=O)COCCOCCOC)C(=O)N12.c1ccc(P(c2ccccc2)c2ccccc2)cc1. The third-order valence-corrected chi connectivity index (χ3v) is 26.3. The van der Waals surface area contributed by atoms with E-state index in [9.17, 15) is 14.4 Å². The van der Waals surface area contributed by atoms with Crippen molar-refractivity contribution >= 4 is 95.6 Å². The molecule has 9 nitrogen and oxygen atoms in total. The Morgan fingerprint density at radius 2 is 1.13 bits per heavy atom. The van der Waals surface area contributed by atoms with Crippen LogP contribution in [0.4, 0.5) is 0 Å². The van der Waals surface area contributed by atoms with Gasteiger partial charge in [-0.05, 0) is 23.8 Å². The number of hydrogen-bond acceptors (Lipinski definition) is 8. The molecule has 2 aliphatic heterocycles. The molecular weight excluding hydrogens is 1010 g/mol. The zero-order valence-corrected chi connectivity index (χ0v) is 42.2. The minimum Gasteiger partial charge on any atom is -0.0622 e. The number of benzene rings is 6. The van der Waals surface area contributed by atoms with E-state index in [2.05, 4.69) is 161 Å². The van der Waals surface area contributed by atoms with Crippen molar-refractivity contribution < 1.29 is 33.3 Å². The first-order chi connectivity index (χ1) is 32.8. The van der Waals surface area contributed by atoms with Crippen LogP contribution in [-0.2, 0) is 33.3 Å². The van der Waals surface area contributed by atoms with E-state index < -0.39 is 35.5 Å². The number of carbonyl (C=O) groups excluding carboxylic acids is 3. The number of hydrogen-bond donors (Lipinski definition) is 1. The quantitative estimate of drug-likeness (QED) is 0.0211. The van der Waals surface area contributed by atoms with Gasteiger partial charge in [-0.25, -0.2) is 0 Å². The summed E-state index contributed by atoms with van der Waals surface area (Å²) in [6.07, 6.45) is 2.01. The third-order valence-electron chi connectivity index (χ3n) is 11.3. The van der Waals surface area contributed by atoms with Gasteiger partial charge in [0.1, 0.15) is 0 Å². The van der Waals surface area contributed by atoms with Crippen LogP contribution in [-0.4, -0.2) is 92.8 Å². The Morgan fingerprint density at radius 3 is 1.58 bits per heavy atom. The molecule has 2 amide bonds. The topological polar surface area (TPSA) is 103 Å². The van der Waals surface area contributed by atoms with E-state index in [-0.39, 0.29) is 31.4 Å². The molecule has 2 aliphatic rings. The molecule has 0 aliphatic carbocycles. The smallest absolute Gasteiger partial charge is 0.0134 e. The number of β-lactam (4-membered cyclic amide) rings is 1. The Kier molecular flexibility index (Phi) is 18.1. The van der Waals surface area contributed by atoms with Crippen molar-refractivity contribution in [1.82, 2.24) is 10.2 Å². The molecule has 6 aromatic rings. The molecule has 0 aromatic heterocycles. The first-order valence-corrected chi connectivity index (χ1v) is 29.6. The van der Waals surface area contributed by atoms with Gasteiger partial charge in [0.2, 0.25) is 0 Å². The van der Waals surface area contributed by atoms with E-state index in [4.69, 9.17) is 18.9 Å². The maximum Gasteiger partial charge on any atom is -0.0134 e. The number of nitrogens with one attached hydrogen (secondary N) is 1. The second-order valence-corrected chi connectivity index (χ2v) is 29.6. The van der Waals surface area contributed by atoms with Crippen LogP contribution in [0.1, 0.15) is 0 Å². The maximum atomic E-state index is 13.9. The van der Waals surface area contributed by atoms with Gasteiger partial charge in [0.25, 0.3) is 0 Å². The van der Waals surface area contributed by atoms with E-state index in [0.29, 0.717) is 31.7 Å². The van der Waals surface area contributed by atoms with Gasteiger partial charge >= 0.3 is 270 Å². The number of esters is 1. The number of ether oxygens (including phenoxy) is 4. The van der Waals surface area contributed by atoms with Crippen LogP contribution >= 0.6 is 46.0 Å². The van der Waals surface area contributed by atoms with Crippen molar-refractivity contribution in [2.45, 2.75) is 11.4 Å². The normalized spacial score (nSPS) is 16.1. The largest absolute Gasteiger partial charge is 0.0622 e. The molecular formula is C54H55IN2O7P2S. The Bertz CT molecular complexity index is 2390. The number of fused-ring (bicyclic) bond motifs is 1. The molecule has 6 aromatic carbocycles. The van der Waals surface area contributed by atoms with Crippen LogP contribution in [0.3, 0.4) is 0 Å². The van der Waals surface area contributed by atoms with E-state index in [0.717, 1.165) is 21.5 Å². The first kappa shape index (κ1) is 49.9. The molecule has 0 radical (unpaired) electrons. The fraction of sp³-hybridized carbons (Fsp3) is 0.204. The summed E-state index contributed by atoms with van der Waals surface area (Å²) in [6, 6.07) is 62.8. The number of methoxy groups -OCH3 is 1. The molecule has 0 spiro atoms. The first-order valence-electron chi connectivity index (χ1n) is 22.0. The van der Waals surface area contributed by atoms with Gasteiger partial charge in [-0.3, -0.25) is 0 Å². The maximum absolute atomic E-state index is 13.9. The van der Waals surface area contributed by atoms with Gasteiger partial charge in [-0.15, -0.1) is 0 Å². The van der Waals surface area contributed by atoms with Crippen molar-refractivity contribution in [3.8, 4) is 0 Å². The molecule has 1 N–H and O–H groups in total. The summed E-state index contributed by atoms with van der Waals surface area (Å²) in [5.41, 5.74) is 1.07. The number of carbonyl (C=O) groups is 3. The van der Waals surface area contributed by atoms with Gasteiger partial charge in [-0.1, -0.05) is 91.0 Å². The van der Waals surface area contributed by atoms with Crippen LogP contribution in [0.15, 0.2) is 206 Å². The number of halogens is 1. The van der Waals surface area contributed by atoms with Crippen LogP contribution in [0.2, 0.25) is 0 Å². The molecule has 1 unspecified atom stereocenters. The zero-order chi connectivity index (χ0) is 46.9. The monoisotopic (exact) mass is 1060 g/mol. The van der Waals surface area contributed by atoms with Gasteiger partial charge in [0.05, 0.1) is 13.2 Å². The molecule has 2 atom stereocenters. The van der Waals surface area contributed by atoms with Crippen molar-refractivity contribution in [2.75, 3.05) is 58.7 Å². The summed E-state index contributed by atoms with van der Waals surface area (Å²) in [5.74, 6) is -0.882. The predicted molar refractivity (Wildman–Crippen MR) is 286 cm³/mol. The van der Waals surface area contributed by atoms with Crippen molar-refractivity contribution in [1.29, 1.82) is 0 Å². The predicted octanol–water partition coefficient (Wildman–Crippen LogP) is 7.37. The summed E-state index contributed by atoms with van der Waals surface area (Å²) >= 11 is 4.21. The Balaban J connectivity index is 0.000000290. The second kappa shape index (κ2) is 24.4. The molecule has 8 rings (SSSR count). The second-order valence-electron chi connectivity index (χ2n) is 15.6. The van der Waals surface area contributed by atoms with Crippen LogP contribution in [0.25, 0.3) is 0 Å². The number of nitrogens with zero attached hydrogens (tertiary/aromatic N) is 1. The molecule has 67 heavy (non-hydrogen) atoms. The average Bonchev–Trinajstić information content (AvgIpc) is 3.39. The van der Waals surface area contributed by atoms with E-state index in [1.54, 1.807) is 7.11 Å². The standard InChI is InChI=1S/C36H40IN2O7PS.C18H15P/c1-3-19-46-36(42)33-27(26-48-35-32(34(41)39(33)35)38-31(40)24-45-23-22-44-21-20-43-2)25-47(37,28-13-7-4-8-14-28,29-15-9-5-10-16-29)30-17-11-6-12-18-30;1-4-10-16(11-5-1)19(17-12-6-2-7-13-17)18-14-8-3-9-15-18/h3-18,32,35H,1,19-26H2,2H3,(H,38,40);1-15H/t32-,35?;/m1./s1. The van der Waals surface area contributed by atoms with E-state index in [1.807, 2.05) is 54.6 Å². The van der Waals surface area contributed by atoms with Crippen LogP contribution in [0.5, 0.6) is 0 Å². The summed E-state index contributed by atoms with van der Waals surface area (Å²) in [4.78, 5) is 41.9. The molecule has 0 bridgehead atoms. The average molecular weight is 1060 g/mol. The fourth-order valence-electron chi connectivity index (χ4n) is 8.21. The van der Waals surface area contributed by atoms with Gasteiger partial charge in [0, 0.05) is 7.11 Å². The number of thioether (sulfide) groups is 1. The van der Waals surface area contributed by atoms with Gasteiger partial charge in [0.15, 0.2) is 0 Å². The number of amides is 2. The Hall–Kier alpha value is -4.97. The number of rotatable bonds is 20. The zero-order valence-electron chi connectivity index (χ0n) is 37.4. The Labute approximate surface area is 412 Å².